The Morgan fingerprint density at radius 1 is 1.11 bits per heavy atom. The zero-order valence-corrected chi connectivity index (χ0v) is 6.75. The van der Waals surface area contributed by atoms with Crippen molar-refractivity contribution in [3.63, 3.8) is 0 Å². The van der Waals surface area contributed by atoms with E-state index in [1.54, 1.807) is 0 Å². The summed E-state index contributed by atoms with van der Waals surface area (Å²) >= 11 is 4.81. The monoisotopic (exact) mass is 143 g/mol. The maximum Gasteiger partial charge on any atom is 0.00369 e. The van der Waals surface area contributed by atoms with Crippen LogP contribution >= 0.6 is 12.6 Å². The molecule has 0 aliphatic heterocycles. The summed E-state index contributed by atoms with van der Waals surface area (Å²) in [6, 6.07) is 0. The molecule has 0 aliphatic carbocycles. The molecule has 0 atom stereocenters. The fourth-order valence-electron chi connectivity index (χ4n) is 0.744. The first-order valence-corrected chi connectivity index (χ1v) is 4.18. The average molecular weight is 143 g/mol. The summed E-state index contributed by atoms with van der Waals surface area (Å²) in [5, 5.41) is 0. The van der Waals surface area contributed by atoms with Crippen molar-refractivity contribution in [3.8, 4) is 0 Å². The van der Waals surface area contributed by atoms with Crippen molar-refractivity contribution in [2.24, 2.45) is 0 Å². The molecule has 0 aromatic heterocycles. The van der Waals surface area contributed by atoms with Crippen molar-refractivity contribution in [2.75, 3.05) is 5.75 Å². The highest BCUT2D eigenvalue weighted by atomic mass is 32.1. The van der Waals surface area contributed by atoms with Gasteiger partial charge in [-0.15, -0.1) is 6.58 Å². The molecule has 0 aromatic rings. The number of hydrogen-bond acceptors (Lipinski definition) is 0. The van der Waals surface area contributed by atoms with Crippen molar-refractivity contribution in [1.29, 1.82) is 0 Å². The van der Waals surface area contributed by atoms with Crippen LogP contribution in [0.15, 0.2) is 12.7 Å². The van der Waals surface area contributed by atoms with E-state index in [2.05, 4.69) is 6.58 Å². The Morgan fingerprint density at radius 3 is 2.33 bits per heavy atom. The van der Waals surface area contributed by atoms with Crippen molar-refractivity contribution in [3.05, 3.63) is 12.7 Å². The second-order valence-corrected chi connectivity index (χ2v) is 2.60. The fraction of sp³-hybridized carbons (Fsp3) is 0.750. The number of unbranched alkanes of at least 4 members (excludes halogenated alkanes) is 4. The van der Waals surface area contributed by atoms with Gasteiger partial charge >= 0.3 is 0 Å². The van der Waals surface area contributed by atoms with E-state index in [4.69, 9.17) is 12.6 Å². The van der Waals surface area contributed by atoms with Gasteiger partial charge in [0.05, 0.1) is 0 Å². The largest absolute Gasteiger partial charge is 0.103 e. The summed E-state index contributed by atoms with van der Waals surface area (Å²) in [7, 11) is 0. The molecular formula is C8H15S. The predicted molar refractivity (Wildman–Crippen MR) is 45.7 cm³/mol. The molecule has 1 heteroatoms. The lowest BCUT2D eigenvalue weighted by Crippen LogP contribution is -1.77. The first-order chi connectivity index (χ1) is 4.41. The summed E-state index contributed by atoms with van der Waals surface area (Å²) in [6.45, 7) is 3.66. The van der Waals surface area contributed by atoms with Crippen LogP contribution in [0.1, 0.15) is 32.1 Å². The molecule has 0 N–H and O–H groups in total. The zero-order chi connectivity index (χ0) is 6.95. The van der Waals surface area contributed by atoms with Crippen LogP contribution in [0.5, 0.6) is 0 Å². The maximum absolute atomic E-state index is 4.81. The van der Waals surface area contributed by atoms with E-state index in [9.17, 15) is 0 Å². The Balaban J connectivity index is 2.66. The van der Waals surface area contributed by atoms with Gasteiger partial charge in [-0.1, -0.05) is 31.5 Å². The number of allylic oxidation sites excluding steroid dienone is 1. The van der Waals surface area contributed by atoms with Crippen LogP contribution in [0.2, 0.25) is 0 Å². The SMILES string of the molecule is C=CCCCCCC[S]. The van der Waals surface area contributed by atoms with Crippen molar-refractivity contribution >= 4 is 12.6 Å². The minimum absolute atomic E-state index is 0.925. The van der Waals surface area contributed by atoms with E-state index in [1.807, 2.05) is 6.08 Å². The van der Waals surface area contributed by atoms with Crippen LogP contribution in [0.4, 0.5) is 0 Å². The van der Waals surface area contributed by atoms with Gasteiger partial charge in [-0.3, -0.25) is 0 Å². The van der Waals surface area contributed by atoms with E-state index in [-0.39, 0.29) is 0 Å². The number of rotatable bonds is 6. The minimum atomic E-state index is 0.925. The molecule has 1 radical (unpaired) electrons. The summed E-state index contributed by atoms with van der Waals surface area (Å²) in [6.07, 6.45) is 8.27. The van der Waals surface area contributed by atoms with Gasteiger partial charge in [-0.2, -0.15) is 0 Å². The lowest BCUT2D eigenvalue weighted by molar-refractivity contribution is 0.679. The molecule has 0 fully saturated rings. The highest BCUT2D eigenvalue weighted by Gasteiger charge is 1.85. The molecule has 0 nitrogen and oxygen atoms in total. The number of hydrogen-bond donors (Lipinski definition) is 0. The van der Waals surface area contributed by atoms with Crippen molar-refractivity contribution < 1.29 is 0 Å². The van der Waals surface area contributed by atoms with Gasteiger partial charge in [-0.05, 0) is 19.3 Å². The molecular weight excluding hydrogens is 128 g/mol. The summed E-state index contributed by atoms with van der Waals surface area (Å²) in [5.74, 6) is 0.925. The molecule has 53 valence electrons. The Kier molecular flexibility index (Phi) is 8.17. The molecule has 9 heavy (non-hydrogen) atoms. The maximum atomic E-state index is 4.81. The standard InChI is InChI=1S/C8H15S/c1-2-3-4-5-6-7-8-9/h2H,1,3-8H2. The van der Waals surface area contributed by atoms with Crippen molar-refractivity contribution in [1.82, 2.24) is 0 Å². The fourth-order valence-corrected chi connectivity index (χ4v) is 0.948. The second-order valence-electron chi connectivity index (χ2n) is 2.20. The molecule has 0 amide bonds. The van der Waals surface area contributed by atoms with Crippen molar-refractivity contribution in [2.45, 2.75) is 32.1 Å². The van der Waals surface area contributed by atoms with E-state index in [0.29, 0.717) is 0 Å². The van der Waals surface area contributed by atoms with Crippen LogP contribution in [0.25, 0.3) is 0 Å². The Hall–Kier alpha value is 0.0900. The third kappa shape index (κ3) is 8.09. The van der Waals surface area contributed by atoms with Crippen LogP contribution in [-0.4, -0.2) is 5.75 Å². The molecule has 0 spiro atoms. The normalized spacial score (nSPS) is 9.44. The molecule has 0 rings (SSSR count). The van der Waals surface area contributed by atoms with Gasteiger partial charge in [0.2, 0.25) is 0 Å². The summed E-state index contributed by atoms with van der Waals surface area (Å²) in [5.41, 5.74) is 0. The van der Waals surface area contributed by atoms with Gasteiger partial charge < -0.3 is 0 Å². The van der Waals surface area contributed by atoms with E-state index in [1.165, 1.54) is 25.7 Å². The van der Waals surface area contributed by atoms with Gasteiger partial charge in [0.1, 0.15) is 0 Å². The van der Waals surface area contributed by atoms with Crippen LogP contribution in [0.3, 0.4) is 0 Å². The molecule has 0 heterocycles. The topological polar surface area (TPSA) is 0 Å². The predicted octanol–water partition coefficient (Wildman–Crippen LogP) is 3.32. The molecule has 0 saturated heterocycles. The molecule has 0 unspecified atom stereocenters. The van der Waals surface area contributed by atoms with Crippen LogP contribution in [-0.2, 0) is 0 Å². The smallest absolute Gasteiger partial charge is 0.00369 e. The van der Waals surface area contributed by atoms with Crippen LogP contribution < -0.4 is 0 Å². The van der Waals surface area contributed by atoms with E-state index in [0.717, 1.165) is 12.2 Å². The molecule has 0 aromatic carbocycles. The zero-order valence-electron chi connectivity index (χ0n) is 5.94. The van der Waals surface area contributed by atoms with E-state index >= 15 is 0 Å². The van der Waals surface area contributed by atoms with E-state index < -0.39 is 0 Å². The lowest BCUT2D eigenvalue weighted by atomic mass is 10.2. The van der Waals surface area contributed by atoms with Gasteiger partial charge in [-0.25, -0.2) is 0 Å². The summed E-state index contributed by atoms with van der Waals surface area (Å²) in [4.78, 5) is 0. The van der Waals surface area contributed by atoms with Gasteiger partial charge in [0, 0.05) is 5.75 Å². The molecule has 0 saturated carbocycles. The lowest BCUT2D eigenvalue weighted by Gasteiger charge is -1.93. The Labute approximate surface area is 63.8 Å². The minimum Gasteiger partial charge on any atom is -0.103 e. The van der Waals surface area contributed by atoms with Crippen LogP contribution in [0, 0.1) is 0 Å². The Morgan fingerprint density at radius 2 is 1.78 bits per heavy atom. The first-order valence-electron chi connectivity index (χ1n) is 3.61. The average Bonchev–Trinajstić information content (AvgIpc) is 1.89. The third-order valence-corrected chi connectivity index (χ3v) is 1.59. The molecule has 0 aliphatic rings. The molecule has 0 bridgehead atoms. The Bertz CT molecular complexity index is 59.6. The highest BCUT2D eigenvalue weighted by molar-refractivity contribution is 7.80. The summed E-state index contributed by atoms with van der Waals surface area (Å²) < 4.78 is 0. The van der Waals surface area contributed by atoms with Gasteiger partial charge in [0.15, 0.2) is 0 Å². The quantitative estimate of drug-likeness (QED) is 0.395. The highest BCUT2D eigenvalue weighted by Crippen LogP contribution is 2.03. The second kappa shape index (κ2) is 8.09. The first kappa shape index (κ1) is 9.09. The van der Waals surface area contributed by atoms with Gasteiger partial charge in [0.25, 0.3) is 0 Å². The third-order valence-electron chi connectivity index (χ3n) is 1.30.